The first-order chi connectivity index (χ1) is 17.4. The second-order valence-corrected chi connectivity index (χ2v) is 10.6. The Balaban J connectivity index is 2.01. The molecule has 0 aromatic heterocycles. The summed E-state index contributed by atoms with van der Waals surface area (Å²) in [6.07, 6.45) is 10.9. The Bertz CT molecular complexity index is 902. The van der Waals surface area contributed by atoms with Crippen LogP contribution in [0.4, 0.5) is 0 Å². The van der Waals surface area contributed by atoms with Crippen LogP contribution in [-0.2, 0) is 9.47 Å². The molecule has 4 heteroatoms. The SMILES string of the molecule is CC(C)CCCCCCOC(=O)c1cccc(-c2ccccc2)c1C(=O)OCCCCCCC(C)C. The lowest BCUT2D eigenvalue weighted by Gasteiger charge is -2.14. The molecule has 0 aliphatic carbocycles. The first-order valence-corrected chi connectivity index (χ1v) is 13.9. The molecule has 0 saturated carbocycles. The van der Waals surface area contributed by atoms with E-state index >= 15 is 0 Å². The van der Waals surface area contributed by atoms with E-state index in [4.69, 9.17) is 9.47 Å². The predicted octanol–water partition coefficient (Wildman–Crippen LogP) is 8.88. The van der Waals surface area contributed by atoms with Crippen LogP contribution in [0.3, 0.4) is 0 Å². The zero-order valence-corrected chi connectivity index (χ0v) is 22.9. The third-order valence-corrected chi connectivity index (χ3v) is 6.39. The maximum absolute atomic E-state index is 13.2. The maximum atomic E-state index is 13.2. The molecule has 0 aliphatic heterocycles. The second kappa shape index (κ2) is 16.9. The molecule has 0 bridgehead atoms. The van der Waals surface area contributed by atoms with E-state index in [0.29, 0.717) is 24.3 Å². The molecule has 198 valence electrons. The van der Waals surface area contributed by atoms with Gasteiger partial charge in [0, 0.05) is 0 Å². The van der Waals surface area contributed by atoms with E-state index in [-0.39, 0.29) is 5.56 Å². The number of carbonyl (C=O) groups excluding carboxylic acids is 2. The summed E-state index contributed by atoms with van der Waals surface area (Å²) in [5.74, 6) is 0.524. The smallest absolute Gasteiger partial charge is 0.339 e. The Labute approximate surface area is 218 Å². The lowest BCUT2D eigenvalue weighted by molar-refractivity contribution is 0.0451. The summed E-state index contributed by atoms with van der Waals surface area (Å²) in [5, 5.41) is 0. The highest BCUT2D eigenvalue weighted by atomic mass is 16.5. The van der Waals surface area contributed by atoms with E-state index in [1.807, 2.05) is 36.4 Å². The number of hydrogen-bond donors (Lipinski definition) is 0. The van der Waals surface area contributed by atoms with Gasteiger partial charge in [-0.2, -0.15) is 0 Å². The Morgan fingerprint density at radius 1 is 0.611 bits per heavy atom. The molecule has 0 saturated heterocycles. The Hall–Kier alpha value is -2.62. The van der Waals surface area contributed by atoms with Crippen molar-refractivity contribution in [3.63, 3.8) is 0 Å². The molecule has 36 heavy (non-hydrogen) atoms. The van der Waals surface area contributed by atoms with Gasteiger partial charge >= 0.3 is 11.9 Å². The van der Waals surface area contributed by atoms with Gasteiger partial charge < -0.3 is 9.47 Å². The number of benzene rings is 2. The molecule has 0 amide bonds. The van der Waals surface area contributed by atoms with E-state index in [1.54, 1.807) is 12.1 Å². The zero-order chi connectivity index (χ0) is 26.2. The van der Waals surface area contributed by atoms with Crippen molar-refractivity contribution < 1.29 is 19.1 Å². The van der Waals surface area contributed by atoms with Gasteiger partial charge in [-0.25, -0.2) is 9.59 Å². The van der Waals surface area contributed by atoms with Gasteiger partial charge in [0.1, 0.15) is 0 Å². The molecular weight excluding hydrogens is 448 g/mol. The quantitative estimate of drug-likeness (QED) is 0.163. The van der Waals surface area contributed by atoms with Crippen molar-refractivity contribution in [1.82, 2.24) is 0 Å². The van der Waals surface area contributed by atoms with Crippen molar-refractivity contribution in [1.29, 1.82) is 0 Å². The van der Waals surface area contributed by atoms with Gasteiger partial charge in [-0.05, 0) is 41.9 Å². The van der Waals surface area contributed by atoms with Gasteiger partial charge in [-0.3, -0.25) is 0 Å². The van der Waals surface area contributed by atoms with Crippen LogP contribution < -0.4 is 0 Å². The summed E-state index contributed by atoms with van der Waals surface area (Å²) < 4.78 is 11.2. The number of unbranched alkanes of at least 4 members (excludes halogenated alkanes) is 6. The number of ether oxygens (including phenoxy) is 2. The summed E-state index contributed by atoms with van der Waals surface area (Å²) in [6, 6.07) is 15.0. The van der Waals surface area contributed by atoms with Gasteiger partial charge in [0.15, 0.2) is 0 Å². The van der Waals surface area contributed by atoms with E-state index in [9.17, 15) is 9.59 Å². The Kier molecular flexibility index (Phi) is 13.9. The summed E-state index contributed by atoms with van der Waals surface area (Å²) in [5.41, 5.74) is 2.14. The van der Waals surface area contributed by atoms with Crippen LogP contribution in [0.25, 0.3) is 11.1 Å². The summed E-state index contributed by atoms with van der Waals surface area (Å²) >= 11 is 0. The zero-order valence-electron chi connectivity index (χ0n) is 22.9. The van der Waals surface area contributed by atoms with Gasteiger partial charge in [0.05, 0.1) is 24.3 Å². The fraction of sp³-hybridized carbons (Fsp3) is 0.562. The molecule has 2 aromatic carbocycles. The minimum atomic E-state index is -0.462. The van der Waals surface area contributed by atoms with E-state index in [0.717, 1.165) is 55.9 Å². The second-order valence-electron chi connectivity index (χ2n) is 10.6. The first-order valence-electron chi connectivity index (χ1n) is 13.9. The normalized spacial score (nSPS) is 11.2. The van der Waals surface area contributed by atoms with Gasteiger partial charge in [0.2, 0.25) is 0 Å². The minimum absolute atomic E-state index is 0.276. The molecule has 0 radical (unpaired) electrons. The predicted molar refractivity (Wildman–Crippen MR) is 148 cm³/mol. The molecule has 0 atom stereocenters. The number of esters is 2. The molecule has 0 aliphatic rings. The van der Waals surface area contributed by atoms with Crippen LogP contribution >= 0.6 is 0 Å². The lowest BCUT2D eigenvalue weighted by atomic mass is 9.95. The van der Waals surface area contributed by atoms with Gasteiger partial charge in [0.25, 0.3) is 0 Å². The Morgan fingerprint density at radius 3 is 1.69 bits per heavy atom. The molecule has 0 N–H and O–H groups in total. The van der Waals surface area contributed by atoms with Crippen LogP contribution in [-0.4, -0.2) is 25.2 Å². The largest absolute Gasteiger partial charge is 0.462 e. The van der Waals surface area contributed by atoms with Crippen molar-refractivity contribution in [2.24, 2.45) is 11.8 Å². The molecule has 0 spiro atoms. The monoisotopic (exact) mass is 494 g/mol. The van der Waals surface area contributed by atoms with Gasteiger partial charge in [-0.1, -0.05) is 122 Å². The van der Waals surface area contributed by atoms with Crippen molar-refractivity contribution in [2.75, 3.05) is 13.2 Å². The molecule has 0 fully saturated rings. The van der Waals surface area contributed by atoms with Gasteiger partial charge in [-0.15, -0.1) is 0 Å². The first kappa shape index (κ1) is 29.6. The third-order valence-electron chi connectivity index (χ3n) is 6.39. The van der Waals surface area contributed by atoms with E-state index in [2.05, 4.69) is 27.7 Å². The van der Waals surface area contributed by atoms with E-state index < -0.39 is 11.9 Å². The van der Waals surface area contributed by atoms with Crippen LogP contribution in [0.2, 0.25) is 0 Å². The molecular formula is C32H46O4. The molecule has 2 aromatic rings. The summed E-state index contributed by atoms with van der Waals surface area (Å²) in [7, 11) is 0. The maximum Gasteiger partial charge on any atom is 0.339 e. The highest BCUT2D eigenvalue weighted by Crippen LogP contribution is 2.28. The highest BCUT2D eigenvalue weighted by Gasteiger charge is 2.24. The molecule has 0 unspecified atom stereocenters. The standard InChI is InChI=1S/C32H46O4/c1-25(2)17-10-5-7-14-23-35-31(33)29-22-16-21-28(27-19-12-9-13-20-27)30(29)32(34)36-24-15-8-6-11-18-26(3)4/h9,12-13,16,19-22,25-26H,5-8,10-11,14-15,17-18,23-24H2,1-4H3. The average molecular weight is 495 g/mol. The van der Waals surface area contributed by atoms with Crippen molar-refractivity contribution in [3.8, 4) is 11.1 Å². The summed E-state index contributed by atoms with van der Waals surface area (Å²) in [6.45, 7) is 9.67. The third kappa shape index (κ3) is 11.0. The van der Waals surface area contributed by atoms with Crippen LogP contribution in [0.5, 0.6) is 0 Å². The summed E-state index contributed by atoms with van der Waals surface area (Å²) in [4.78, 5) is 26.2. The van der Waals surface area contributed by atoms with Crippen molar-refractivity contribution in [2.45, 2.75) is 91.9 Å². The van der Waals surface area contributed by atoms with Crippen molar-refractivity contribution in [3.05, 3.63) is 59.7 Å². The average Bonchev–Trinajstić information content (AvgIpc) is 2.87. The molecule has 2 rings (SSSR count). The number of rotatable bonds is 17. The fourth-order valence-electron chi connectivity index (χ4n) is 4.30. The lowest BCUT2D eigenvalue weighted by Crippen LogP contribution is -2.16. The highest BCUT2D eigenvalue weighted by molar-refractivity contribution is 6.07. The molecule has 0 heterocycles. The van der Waals surface area contributed by atoms with Crippen LogP contribution in [0.1, 0.15) is 113 Å². The Morgan fingerprint density at radius 2 is 1.14 bits per heavy atom. The van der Waals surface area contributed by atoms with Crippen LogP contribution in [0.15, 0.2) is 48.5 Å². The number of carbonyl (C=O) groups is 2. The fourth-order valence-corrected chi connectivity index (χ4v) is 4.30. The van der Waals surface area contributed by atoms with E-state index in [1.165, 1.54) is 25.7 Å². The topological polar surface area (TPSA) is 52.6 Å². The van der Waals surface area contributed by atoms with Crippen molar-refractivity contribution >= 4 is 11.9 Å². The minimum Gasteiger partial charge on any atom is -0.462 e. The molecule has 4 nitrogen and oxygen atoms in total. The number of hydrogen-bond acceptors (Lipinski definition) is 4. The van der Waals surface area contributed by atoms with Crippen LogP contribution in [0, 0.1) is 11.8 Å².